The number of rotatable bonds is 11. The fourth-order valence-electron chi connectivity index (χ4n) is 3.81. The Morgan fingerprint density at radius 3 is 1.94 bits per heavy atom. The predicted octanol–water partition coefficient (Wildman–Crippen LogP) is 2.23. The van der Waals surface area contributed by atoms with Crippen molar-refractivity contribution in [3.8, 4) is 0 Å². The molecule has 0 saturated carbocycles. The second-order valence-electron chi connectivity index (χ2n) is 7.84. The van der Waals surface area contributed by atoms with Crippen molar-refractivity contribution in [2.45, 2.75) is 64.3 Å². The first-order chi connectivity index (χ1) is 16.0. The van der Waals surface area contributed by atoms with Gasteiger partial charge in [0.25, 0.3) is 0 Å². The van der Waals surface area contributed by atoms with Crippen LogP contribution < -0.4 is 0 Å². The normalized spacial score (nSPS) is 22.9. The maximum Gasteiger partial charge on any atom is 0.305 e. The van der Waals surface area contributed by atoms with E-state index in [-0.39, 0.29) is 13.0 Å². The molecule has 0 amide bonds. The van der Waals surface area contributed by atoms with E-state index in [1.807, 2.05) is 30.3 Å². The molecule has 0 N–H and O–H groups in total. The van der Waals surface area contributed by atoms with Gasteiger partial charge in [0.15, 0.2) is 17.3 Å². The molecule has 186 valence electrons. The lowest BCUT2D eigenvalue weighted by atomic mass is 9.78. The molecule has 1 aliphatic heterocycles. The van der Waals surface area contributed by atoms with Crippen molar-refractivity contribution in [3.63, 3.8) is 0 Å². The van der Waals surface area contributed by atoms with Gasteiger partial charge in [-0.1, -0.05) is 36.4 Å². The number of hydrogen-bond donors (Lipinski definition) is 0. The summed E-state index contributed by atoms with van der Waals surface area (Å²) >= 11 is 0. The molecule has 1 fully saturated rings. The monoisotopic (exact) mass is 478 g/mol. The van der Waals surface area contributed by atoms with E-state index in [4.69, 9.17) is 28.4 Å². The van der Waals surface area contributed by atoms with Gasteiger partial charge in [0.2, 0.25) is 6.29 Å². The van der Waals surface area contributed by atoms with E-state index >= 15 is 0 Å². The average Bonchev–Trinajstić information content (AvgIpc) is 2.99. The van der Waals surface area contributed by atoms with Gasteiger partial charge in [0.05, 0.1) is 6.61 Å². The SMILES string of the molecule is C=CC[C@]1(OCc2ccccc2)[C@@H](OC(C)=O)C(OC(C)=O)OC1(COC(C)=O)COC(C)=O. The number of ether oxygens (including phenoxy) is 6. The molecule has 3 atom stereocenters. The number of esters is 4. The third kappa shape index (κ3) is 6.42. The van der Waals surface area contributed by atoms with Crippen molar-refractivity contribution in [1.29, 1.82) is 0 Å². The van der Waals surface area contributed by atoms with Gasteiger partial charge in [-0.05, 0) is 5.56 Å². The molecule has 2 rings (SSSR count). The summed E-state index contributed by atoms with van der Waals surface area (Å²) in [5.41, 5.74) is -2.56. The summed E-state index contributed by atoms with van der Waals surface area (Å²) in [6, 6.07) is 9.12. The Bertz CT molecular complexity index is 878. The van der Waals surface area contributed by atoms with E-state index in [1.165, 1.54) is 26.8 Å². The lowest BCUT2D eigenvalue weighted by Crippen LogP contribution is -2.63. The Balaban J connectivity index is 2.67. The lowest BCUT2D eigenvalue weighted by molar-refractivity contribution is -0.235. The van der Waals surface area contributed by atoms with Crippen LogP contribution in [0.4, 0.5) is 0 Å². The van der Waals surface area contributed by atoms with Crippen molar-refractivity contribution < 1.29 is 47.6 Å². The molecule has 1 heterocycles. The number of benzene rings is 1. The van der Waals surface area contributed by atoms with Crippen LogP contribution in [-0.4, -0.2) is 60.7 Å². The van der Waals surface area contributed by atoms with Gasteiger partial charge >= 0.3 is 23.9 Å². The summed E-state index contributed by atoms with van der Waals surface area (Å²) in [7, 11) is 0. The first kappa shape index (κ1) is 27.0. The molecule has 1 aliphatic rings. The zero-order chi connectivity index (χ0) is 25.4. The van der Waals surface area contributed by atoms with E-state index in [1.54, 1.807) is 0 Å². The summed E-state index contributed by atoms with van der Waals surface area (Å²) in [4.78, 5) is 47.4. The van der Waals surface area contributed by atoms with E-state index in [0.717, 1.165) is 12.5 Å². The molecular formula is C24H30O10. The van der Waals surface area contributed by atoms with E-state index in [0.29, 0.717) is 0 Å². The van der Waals surface area contributed by atoms with Crippen LogP contribution in [0.2, 0.25) is 0 Å². The van der Waals surface area contributed by atoms with E-state index in [2.05, 4.69) is 6.58 Å². The minimum Gasteiger partial charge on any atom is -0.463 e. The minimum atomic E-state index is -1.71. The van der Waals surface area contributed by atoms with Gasteiger partial charge in [-0.15, -0.1) is 6.58 Å². The Morgan fingerprint density at radius 1 is 0.912 bits per heavy atom. The van der Waals surface area contributed by atoms with Gasteiger partial charge in [-0.3, -0.25) is 19.2 Å². The standard InChI is InChI=1S/C24H30O10/c1-6-12-24(31-13-20-10-8-7-9-11-20)21(32-18(4)27)22(33-19(5)28)34-23(24,14-29-16(2)25)15-30-17(3)26/h6-11,21-22H,1,12-15H2,2-5H3/t21-,22?,24-/m0/s1. The van der Waals surface area contributed by atoms with Gasteiger partial charge < -0.3 is 28.4 Å². The first-order valence-corrected chi connectivity index (χ1v) is 10.6. The number of carbonyl (C=O) groups excluding carboxylic acids is 4. The van der Waals surface area contributed by atoms with Crippen LogP contribution in [0.15, 0.2) is 43.0 Å². The zero-order valence-corrected chi connectivity index (χ0v) is 19.7. The topological polar surface area (TPSA) is 124 Å². The zero-order valence-electron chi connectivity index (χ0n) is 19.7. The highest BCUT2D eigenvalue weighted by atomic mass is 16.8. The van der Waals surface area contributed by atoms with Crippen LogP contribution >= 0.6 is 0 Å². The van der Waals surface area contributed by atoms with Gasteiger partial charge in [-0.2, -0.15) is 0 Å². The smallest absolute Gasteiger partial charge is 0.305 e. The molecule has 1 aromatic rings. The third-order valence-electron chi connectivity index (χ3n) is 5.20. The minimum absolute atomic E-state index is 0.00191. The van der Waals surface area contributed by atoms with Crippen LogP contribution in [0.25, 0.3) is 0 Å². The summed E-state index contributed by atoms with van der Waals surface area (Å²) < 4.78 is 33.9. The molecule has 10 heteroatoms. The Morgan fingerprint density at radius 2 is 1.47 bits per heavy atom. The van der Waals surface area contributed by atoms with E-state index in [9.17, 15) is 19.2 Å². The molecule has 34 heavy (non-hydrogen) atoms. The molecule has 1 saturated heterocycles. The van der Waals surface area contributed by atoms with Crippen LogP contribution in [0.5, 0.6) is 0 Å². The second kappa shape index (κ2) is 11.8. The van der Waals surface area contributed by atoms with Crippen LogP contribution in [-0.2, 0) is 54.2 Å². The van der Waals surface area contributed by atoms with Gasteiger partial charge in [0, 0.05) is 34.1 Å². The van der Waals surface area contributed by atoms with Crippen molar-refractivity contribution >= 4 is 23.9 Å². The van der Waals surface area contributed by atoms with Gasteiger partial charge in [0.1, 0.15) is 13.2 Å². The quantitative estimate of drug-likeness (QED) is 0.266. The third-order valence-corrected chi connectivity index (χ3v) is 5.20. The van der Waals surface area contributed by atoms with Crippen LogP contribution in [0, 0.1) is 0 Å². The maximum absolute atomic E-state index is 12.1. The van der Waals surface area contributed by atoms with Crippen molar-refractivity contribution in [1.82, 2.24) is 0 Å². The fraction of sp³-hybridized carbons (Fsp3) is 0.500. The maximum atomic E-state index is 12.1. The highest BCUT2D eigenvalue weighted by Gasteiger charge is 2.70. The first-order valence-electron chi connectivity index (χ1n) is 10.6. The van der Waals surface area contributed by atoms with Crippen molar-refractivity contribution in [2.24, 2.45) is 0 Å². The number of carbonyl (C=O) groups is 4. The molecule has 0 aliphatic carbocycles. The predicted molar refractivity (Wildman–Crippen MR) is 117 cm³/mol. The van der Waals surface area contributed by atoms with Crippen LogP contribution in [0.3, 0.4) is 0 Å². The highest BCUT2D eigenvalue weighted by Crippen LogP contribution is 2.48. The summed E-state index contributed by atoms with van der Waals surface area (Å²) in [5, 5.41) is 0. The van der Waals surface area contributed by atoms with Crippen LogP contribution in [0.1, 0.15) is 39.7 Å². The van der Waals surface area contributed by atoms with Gasteiger partial charge in [-0.25, -0.2) is 0 Å². The molecule has 0 aromatic heterocycles. The molecule has 1 aromatic carbocycles. The largest absolute Gasteiger partial charge is 0.463 e. The summed E-state index contributed by atoms with van der Waals surface area (Å²) in [6.45, 7) is 7.63. The Labute approximate surface area is 198 Å². The highest BCUT2D eigenvalue weighted by molar-refractivity contribution is 5.68. The molecular weight excluding hydrogens is 448 g/mol. The molecule has 0 radical (unpaired) electrons. The van der Waals surface area contributed by atoms with E-state index < -0.39 is 60.7 Å². The lowest BCUT2D eigenvalue weighted by Gasteiger charge is -2.44. The molecule has 0 spiro atoms. The second-order valence-corrected chi connectivity index (χ2v) is 7.84. The summed E-state index contributed by atoms with van der Waals surface area (Å²) in [5.74, 6) is -2.69. The average molecular weight is 478 g/mol. The Kier molecular flexibility index (Phi) is 9.34. The molecule has 1 unspecified atom stereocenters. The van der Waals surface area contributed by atoms with Crippen molar-refractivity contribution in [2.75, 3.05) is 13.2 Å². The molecule has 10 nitrogen and oxygen atoms in total. The molecule has 0 bridgehead atoms. The van der Waals surface area contributed by atoms with Crippen molar-refractivity contribution in [3.05, 3.63) is 48.6 Å². The fourth-order valence-corrected chi connectivity index (χ4v) is 3.81. The number of hydrogen-bond acceptors (Lipinski definition) is 10. The summed E-state index contributed by atoms with van der Waals surface area (Å²) in [6.07, 6.45) is -1.25. The Hall–Kier alpha value is -3.24.